The molecule has 10 nitrogen and oxygen atoms in total. The number of hydrogen-bond acceptors (Lipinski definition) is 8. The lowest BCUT2D eigenvalue weighted by Crippen LogP contribution is -2.42. The van der Waals surface area contributed by atoms with Crippen LogP contribution in [0.2, 0.25) is 0 Å². The van der Waals surface area contributed by atoms with Gasteiger partial charge in [-0.2, -0.15) is 0 Å². The summed E-state index contributed by atoms with van der Waals surface area (Å²) in [5.74, 6) is -0.658. The molecule has 4 rings (SSSR count). The average molecular weight is 422 g/mol. The maximum atomic E-state index is 12.7. The molecule has 1 aliphatic heterocycles. The summed E-state index contributed by atoms with van der Waals surface area (Å²) in [7, 11) is 0. The third kappa shape index (κ3) is 4.13. The quantitative estimate of drug-likeness (QED) is 0.257. The van der Waals surface area contributed by atoms with Gasteiger partial charge in [-0.15, -0.1) is 0 Å². The normalized spacial score (nSPS) is 15.6. The molecule has 1 saturated heterocycles. The van der Waals surface area contributed by atoms with E-state index >= 15 is 0 Å². The second-order valence-electron chi connectivity index (χ2n) is 6.84. The number of fused-ring (bicyclic) bond motifs is 1. The highest BCUT2D eigenvalue weighted by Crippen LogP contribution is 2.31. The molecular weight excluding hydrogens is 404 g/mol. The number of carbonyl (C=O) groups is 2. The Balaban J connectivity index is 1.42. The van der Waals surface area contributed by atoms with Gasteiger partial charge < -0.3 is 14.4 Å². The number of ether oxygens (including phenoxy) is 2. The summed E-state index contributed by atoms with van der Waals surface area (Å²) in [5.41, 5.74) is 0.463. The molecule has 158 valence electrons. The van der Waals surface area contributed by atoms with Gasteiger partial charge in [0.2, 0.25) is 6.79 Å². The van der Waals surface area contributed by atoms with Crippen molar-refractivity contribution in [3.63, 3.8) is 0 Å². The summed E-state index contributed by atoms with van der Waals surface area (Å²) in [6.07, 6.45) is 4.17. The molecule has 2 aromatic heterocycles. The van der Waals surface area contributed by atoms with Gasteiger partial charge in [0.25, 0.3) is 11.6 Å². The number of nitrogens with zero attached hydrogens (tertiary/aromatic N) is 4. The summed E-state index contributed by atoms with van der Waals surface area (Å²) in [6.45, 7) is 0.0252. The molecule has 1 atom stereocenters. The van der Waals surface area contributed by atoms with E-state index in [4.69, 9.17) is 9.47 Å². The molecule has 3 aromatic rings. The first kappa shape index (κ1) is 20.2. The van der Waals surface area contributed by atoms with Crippen LogP contribution in [0.25, 0.3) is 10.9 Å². The number of aromatic nitrogens is 2. The lowest BCUT2D eigenvalue weighted by atomic mass is 10.1. The van der Waals surface area contributed by atoms with Crippen molar-refractivity contribution in [1.29, 1.82) is 0 Å². The summed E-state index contributed by atoms with van der Waals surface area (Å²) in [6, 6.07) is 10.2. The van der Waals surface area contributed by atoms with Crippen molar-refractivity contribution in [2.24, 2.45) is 0 Å². The van der Waals surface area contributed by atoms with Crippen LogP contribution >= 0.6 is 0 Å². The smallest absolute Gasteiger partial charge is 0.331 e. The molecule has 0 aliphatic carbocycles. The monoisotopic (exact) mass is 422 g/mol. The van der Waals surface area contributed by atoms with Gasteiger partial charge in [-0.1, -0.05) is 6.07 Å². The van der Waals surface area contributed by atoms with Crippen molar-refractivity contribution in [2.75, 3.05) is 13.3 Å². The number of carbonyl (C=O) groups excluding carboxylic acids is 2. The Hall–Kier alpha value is -4.08. The molecular formula is C21H18N4O6. The van der Waals surface area contributed by atoms with Crippen LogP contribution in [-0.2, 0) is 9.53 Å². The number of amides is 1. The first-order valence-corrected chi connectivity index (χ1v) is 9.60. The molecule has 0 unspecified atom stereocenters. The molecule has 1 aliphatic rings. The minimum absolute atomic E-state index is 0.0953. The van der Waals surface area contributed by atoms with Crippen molar-refractivity contribution in [3.05, 3.63) is 70.7 Å². The van der Waals surface area contributed by atoms with E-state index in [0.717, 1.165) is 0 Å². The molecule has 10 heteroatoms. The standard InChI is InChI=1S/C21H18N4O6/c26-20(15-6-1-2-10-22-15)24-12-4-7-17(24)21(27)31-13-30-18-9-8-16(25(28)29)14-5-3-11-23-19(14)18/h1-3,5-6,8-11,17H,4,7,12-13H2/t17-/m0/s1. The summed E-state index contributed by atoms with van der Waals surface area (Å²) < 4.78 is 10.8. The van der Waals surface area contributed by atoms with E-state index in [1.807, 2.05) is 0 Å². The Kier molecular flexibility index (Phi) is 5.69. The molecule has 0 saturated carbocycles. The first-order chi connectivity index (χ1) is 15.1. The Bertz CT molecular complexity index is 1140. The molecule has 3 heterocycles. The lowest BCUT2D eigenvalue weighted by Gasteiger charge is -2.22. The summed E-state index contributed by atoms with van der Waals surface area (Å²) >= 11 is 0. The number of nitro groups is 1. The molecule has 1 fully saturated rings. The Labute approximate surface area is 176 Å². The second kappa shape index (κ2) is 8.74. The van der Waals surface area contributed by atoms with Crippen LogP contribution < -0.4 is 4.74 Å². The zero-order valence-electron chi connectivity index (χ0n) is 16.3. The first-order valence-electron chi connectivity index (χ1n) is 9.60. The number of pyridine rings is 2. The highest BCUT2D eigenvalue weighted by molar-refractivity contribution is 5.95. The summed E-state index contributed by atoms with van der Waals surface area (Å²) in [4.78, 5) is 45.6. The highest BCUT2D eigenvalue weighted by atomic mass is 16.7. The van der Waals surface area contributed by atoms with Crippen molar-refractivity contribution in [2.45, 2.75) is 18.9 Å². The number of likely N-dealkylation sites (tertiary alicyclic amines) is 1. The van der Waals surface area contributed by atoms with E-state index in [0.29, 0.717) is 30.3 Å². The minimum Gasteiger partial charge on any atom is -0.455 e. The number of rotatable bonds is 6. The average Bonchev–Trinajstić information content (AvgIpc) is 3.29. The molecule has 1 aromatic carbocycles. The molecule has 0 radical (unpaired) electrons. The van der Waals surface area contributed by atoms with Crippen LogP contribution in [0.4, 0.5) is 5.69 Å². The third-order valence-corrected chi connectivity index (χ3v) is 4.99. The van der Waals surface area contributed by atoms with Crippen LogP contribution in [0, 0.1) is 10.1 Å². The summed E-state index contributed by atoms with van der Waals surface area (Å²) in [5, 5.41) is 11.5. The van der Waals surface area contributed by atoms with Crippen LogP contribution in [0.3, 0.4) is 0 Å². The van der Waals surface area contributed by atoms with E-state index in [1.54, 1.807) is 30.3 Å². The predicted octanol–water partition coefficient (Wildman–Crippen LogP) is 2.72. The molecule has 1 amide bonds. The SMILES string of the molecule is O=C(OCOc1ccc([N+](=O)[O-])c2cccnc12)[C@@H]1CCCN1C(=O)c1ccccn1. The number of esters is 1. The van der Waals surface area contributed by atoms with E-state index in [-0.39, 0.29) is 23.0 Å². The van der Waals surface area contributed by atoms with Crippen molar-refractivity contribution in [3.8, 4) is 5.75 Å². The largest absolute Gasteiger partial charge is 0.455 e. The molecule has 0 N–H and O–H groups in total. The Morgan fingerprint density at radius 1 is 1.13 bits per heavy atom. The van der Waals surface area contributed by atoms with Crippen molar-refractivity contribution >= 4 is 28.5 Å². The van der Waals surface area contributed by atoms with Gasteiger partial charge >= 0.3 is 5.97 Å². The van der Waals surface area contributed by atoms with Gasteiger partial charge in [-0.25, -0.2) is 4.79 Å². The van der Waals surface area contributed by atoms with Gasteiger partial charge in [0.15, 0.2) is 0 Å². The molecule has 0 spiro atoms. The van der Waals surface area contributed by atoms with Gasteiger partial charge in [0.1, 0.15) is 23.0 Å². The highest BCUT2D eigenvalue weighted by Gasteiger charge is 2.36. The van der Waals surface area contributed by atoms with Crippen LogP contribution in [0.1, 0.15) is 23.3 Å². The number of nitro benzene ring substituents is 1. The topological polar surface area (TPSA) is 125 Å². The fraction of sp³-hybridized carbons (Fsp3) is 0.238. The fourth-order valence-corrected chi connectivity index (χ4v) is 3.55. The predicted molar refractivity (Wildman–Crippen MR) is 108 cm³/mol. The number of hydrogen-bond donors (Lipinski definition) is 0. The van der Waals surface area contributed by atoms with E-state index in [9.17, 15) is 19.7 Å². The Morgan fingerprint density at radius 3 is 2.74 bits per heavy atom. The van der Waals surface area contributed by atoms with Gasteiger partial charge in [-0.3, -0.25) is 24.9 Å². The zero-order valence-corrected chi connectivity index (χ0v) is 16.3. The Morgan fingerprint density at radius 2 is 1.97 bits per heavy atom. The lowest BCUT2D eigenvalue weighted by molar-refractivity contribution is -0.383. The number of benzene rings is 1. The molecule has 0 bridgehead atoms. The second-order valence-corrected chi connectivity index (χ2v) is 6.84. The van der Waals surface area contributed by atoms with E-state index in [2.05, 4.69) is 9.97 Å². The molecule has 31 heavy (non-hydrogen) atoms. The third-order valence-electron chi connectivity index (χ3n) is 4.99. The zero-order chi connectivity index (χ0) is 21.8. The van der Waals surface area contributed by atoms with Crippen molar-refractivity contribution < 1.29 is 24.0 Å². The van der Waals surface area contributed by atoms with Crippen LogP contribution in [0.15, 0.2) is 54.9 Å². The van der Waals surface area contributed by atoms with Gasteiger partial charge in [0.05, 0.1) is 10.3 Å². The number of non-ortho nitro benzene ring substituents is 1. The fourth-order valence-electron chi connectivity index (χ4n) is 3.55. The maximum absolute atomic E-state index is 12.7. The van der Waals surface area contributed by atoms with E-state index < -0.39 is 23.7 Å². The van der Waals surface area contributed by atoms with E-state index in [1.165, 1.54) is 29.4 Å². The van der Waals surface area contributed by atoms with Gasteiger partial charge in [0, 0.05) is 25.0 Å². The van der Waals surface area contributed by atoms with Crippen LogP contribution in [0.5, 0.6) is 5.75 Å². The van der Waals surface area contributed by atoms with Crippen molar-refractivity contribution in [1.82, 2.24) is 14.9 Å². The van der Waals surface area contributed by atoms with Gasteiger partial charge in [-0.05, 0) is 43.2 Å². The van der Waals surface area contributed by atoms with Crippen LogP contribution in [-0.4, -0.2) is 51.0 Å². The minimum atomic E-state index is -0.718. The maximum Gasteiger partial charge on any atom is 0.331 e.